The summed E-state index contributed by atoms with van der Waals surface area (Å²) in [5.74, 6) is 0. The average Bonchev–Trinajstić information content (AvgIpc) is 2.92. The highest BCUT2D eigenvalue weighted by Crippen LogP contribution is 2.44. The molecular formula is C18H26BrClN2O2S2. The zero-order valence-electron chi connectivity index (χ0n) is 15.7. The van der Waals surface area contributed by atoms with Crippen LogP contribution in [0.4, 0.5) is 0 Å². The summed E-state index contributed by atoms with van der Waals surface area (Å²) in [4.78, 5) is 0.948. The first-order chi connectivity index (χ1) is 12.0. The summed E-state index contributed by atoms with van der Waals surface area (Å²) in [7, 11) is -1.25. The molecule has 1 saturated heterocycles. The summed E-state index contributed by atoms with van der Waals surface area (Å²) in [6.07, 6.45) is 2.87. The van der Waals surface area contributed by atoms with Gasteiger partial charge in [0.1, 0.15) is 0 Å². The number of hydrogen-bond acceptors (Lipinski definition) is 4. The van der Waals surface area contributed by atoms with Gasteiger partial charge in [-0.2, -0.15) is 5.26 Å². The normalized spacial score (nSPS) is 21.0. The van der Waals surface area contributed by atoms with Crippen LogP contribution in [0.2, 0.25) is 5.02 Å². The summed E-state index contributed by atoms with van der Waals surface area (Å²) in [5, 5.41) is 10.4. The number of ether oxygens (including phenoxy) is 1. The largest absolute Gasteiger partial charge is 0.381 e. The Morgan fingerprint density at radius 2 is 2.04 bits per heavy atom. The fourth-order valence-corrected chi connectivity index (χ4v) is 6.19. The second kappa shape index (κ2) is 8.59. The van der Waals surface area contributed by atoms with E-state index in [1.54, 1.807) is 11.3 Å². The first kappa shape index (κ1) is 22.3. The van der Waals surface area contributed by atoms with Crippen LogP contribution in [-0.2, 0) is 21.3 Å². The van der Waals surface area contributed by atoms with Crippen LogP contribution in [0.25, 0.3) is 0 Å². The van der Waals surface area contributed by atoms with Gasteiger partial charge in [-0.1, -0.05) is 11.6 Å². The molecule has 0 aromatic carbocycles. The molecule has 0 saturated carbocycles. The number of rotatable bonds is 6. The van der Waals surface area contributed by atoms with Crippen LogP contribution in [0.15, 0.2) is 9.85 Å². The van der Waals surface area contributed by atoms with Crippen molar-refractivity contribution < 1.29 is 8.95 Å². The predicted molar refractivity (Wildman–Crippen MR) is 113 cm³/mol. The Morgan fingerprint density at radius 1 is 1.42 bits per heavy atom. The monoisotopic (exact) mass is 480 g/mol. The SMILES string of the molecule is CC(C)(C)[S@@](=O)N[C@@](C)(CCC1(C#N)CCOCC1)c1sc(Br)cc1Cl. The van der Waals surface area contributed by atoms with E-state index in [9.17, 15) is 9.47 Å². The summed E-state index contributed by atoms with van der Waals surface area (Å²) in [6.45, 7) is 9.10. The smallest absolute Gasteiger partial charge is 0.0978 e. The van der Waals surface area contributed by atoms with Gasteiger partial charge in [0.15, 0.2) is 0 Å². The topological polar surface area (TPSA) is 62.1 Å². The van der Waals surface area contributed by atoms with Gasteiger partial charge >= 0.3 is 0 Å². The van der Waals surface area contributed by atoms with Gasteiger partial charge in [0, 0.05) is 18.1 Å². The van der Waals surface area contributed by atoms with Gasteiger partial charge in [-0.15, -0.1) is 11.3 Å². The molecule has 4 nitrogen and oxygen atoms in total. The van der Waals surface area contributed by atoms with E-state index in [0.29, 0.717) is 31.1 Å². The average molecular weight is 482 g/mol. The highest BCUT2D eigenvalue weighted by molar-refractivity contribution is 9.11. The van der Waals surface area contributed by atoms with Gasteiger partial charge in [-0.3, -0.25) is 0 Å². The third-order valence-electron chi connectivity index (χ3n) is 4.82. The fourth-order valence-electron chi connectivity index (χ4n) is 2.95. The molecule has 1 aromatic rings. The van der Waals surface area contributed by atoms with Crippen LogP contribution in [0.5, 0.6) is 0 Å². The molecule has 1 aromatic heterocycles. The van der Waals surface area contributed by atoms with Crippen molar-refractivity contribution in [1.29, 1.82) is 5.26 Å². The zero-order valence-corrected chi connectivity index (χ0v) is 19.6. The Morgan fingerprint density at radius 3 is 2.50 bits per heavy atom. The first-order valence-electron chi connectivity index (χ1n) is 8.65. The maximum absolute atomic E-state index is 12.8. The molecule has 0 unspecified atom stereocenters. The van der Waals surface area contributed by atoms with Gasteiger partial charge in [-0.25, -0.2) is 8.93 Å². The van der Waals surface area contributed by atoms with Gasteiger partial charge in [0.25, 0.3) is 0 Å². The van der Waals surface area contributed by atoms with Crippen molar-refractivity contribution in [1.82, 2.24) is 4.72 Å². The number of halogens is 2. The summed E-state index contributed by atoms with van der Waals surface area (Å²) < 4.78 is 22.1. The van der Waals surface area contributed by atoms with Crippen molar-refractivity contribution in [3.8, 4) is 6.07 Å². The van der Waals surface area contributed by atoms with Crippen LogP contribution >= 0.6 is 38.9 Å². The Bertz CT molecular complexity index is 705. The molecule has 0 spiro atoms. The Hall–Kier alpha value is 0.0300. The van der Waals surface area contributed by atoms with Gasteiger partial charge in [-0.05, 0) is 75.4 Å². The van der Waals surface area contributed by atoms with Crippen LogP contribution in [0, 0.1) is 16.7 Å². The molecule has 8 heteroatoms. The van der Waals surface area contributed by atoms with Crippen LogP contribution < -0.4 is 4.72 Å². The van der Waals surface area contributed by atoms with Crippen molar-refractivity contribution >= 4 is 49.9 Å². The van der Waals surface area contributed by atoms with Crippen molar-refractivity contribution in [2.45, 2.75) is 63.7 Å². The lowest BCUT2D eigenvalue weighted by molar-refractivity contribution is 0.0334. The maximum atomic E-state index is 12.8. The van der Waals surface area contributed by atoms with Crippen LogP contribution in [-0.4, -0.2) is 22.2 Å². The summed E-state index contributed by atoms with van der Waals surface area (Å²) in [6, 6.07) is 4.39. The Balaban J connectivity index is 2.30. The molecule has 0 amide bonds. The standard InChI is InChI=1S/C18H26BrClN2O2S2/c1-16(2,3)26(23)22-17(4,15-13(20)11-14(19)25-15)5-6-18(12-21)7-9-24-10-8-18/h11,22H,5-10H2,1-4H3/t17-,26+/m0/s1. The van der Waals surface area contributed by atoms with E-state index >= 15 is 0 Å². The van der Waals surface area contributed by atoms with Crippen molar-refractivity contribution in [2.75, 3.05) is 13.2 Å². The lowest BCUT2D eigenvalue weighted by Crippen LogP contribution is -2.46. The highest BCUT2D eigenvalue weighted by Gasteiger charge is 2.40. The molecule has 26 heavy (non-hydrogen) atoms. The number of hydrogen-bond donors (Lipinski definition) is 1. The lowest BCUT2D eigenvalue weighted by Gasteiger charge is -2.37. The van der Waals surface area contributed by atoms with Crippen LogP contribution in [0.1, 0.15) is 58.3 Å². The van der Waals surface area contributed by atoms with E-state index in [1.807, 2.05) is 33.8 Å². The molecule has 1 aliphatic heterocycles. The third kappa shape index (κ3) is 5.30. The molecule has 2 atom stereocenters. The van der Waals surface area contributed by atoms with Crippen molar-refractivity contribution in [2.24, 2.45) is 5.41 Å². The van der Waals surface area contributed by atoms with E-state index in [0.717, 1.165) is 21.5 Å². The van der Waals surface area contributed by atoms with Crippen molar-refractivity contribution in [3.63, 3.8) is 0 Å². The number of thiophene rings is 1. The predicted octanol–water partition coefficient (Wildman–Crippen LogP) is 5.53. The van der Waals surface area contributed by atoms with E-state index in [2.05, 4.69) is 26.7 Å². The second-order valence-electron chi connectivity index (χ2n) is 8.05. The fraction of sp³-hybridized carbons (Fsp3) is 0.722. The number of nitrogens with one attached hydrogen (secondary N) is 1. The summed E-state index contributed by atoms with van der Waals surface area (Å²) >= 11 is 11.5. The summed E-state index contributed by atoms with van der Waals surface area (Å²) in [5.41, 5.74) is -0.959. The minimum Gasteiger partial charge on any atom is -0.381 e. The zero-order chi connectivity index (χ0) is 19.6. The first-order valence-corrected chi connectivity index (χ1v) is 11.8. The molecule has 2 rings (SSSR count). The maximum Gasteiger partial charge on any atom is 0.0978 e. The van der Waals surface area contributed by atoms with E-state index in [-0.39, 0.29) is 5.41 Å². The third-order valence-corrected chi connectivity index (χ3v) is 8.88. The van der Waals surface area contributed by atoms with Gasteiger partial charge in [0.05, 0.1) is 41.6 Å². The van der Waals surface area contributed by atoms with Crippen LogP contribution in [0.3, 0.4) is 0 Å². The Kier molecular flexibility index (Phi) is 7.37. The quantitative estimate of drug-likeness (QED) is 0.581. The molecule has 0 radical (unpaired) electrons. The van der Waals surface area contributed by atoms with Crippen molar-refractivity contribution in [3.05, 3.63) is 19.8 Å². The minimum absolute atomic E-state index is 0.384. The van der Waals surface area contributed by atoms with Gasteiger partial charge in [0.2, 0.25) is 0 Å². The Labute approximate surface area is 176 Å². The molecule has 146 valence electrons. The lowest BCUT2D eigenvalue weighted by atomic mass is 9.75. The molecule has 1 fully saturated rings. The van der Waals surface area contributed by atoms with E-state index < -0.39 is 21.3 Å². The molecular weight excluding hydrogens is 456 g/mol. The number of nitrogens with zero attached hydrogens (tertiary/aromatic N) is 1. The molecule has 1 N–H and O–H groups in total. The van der Waals surface area contributed by atoms with E-state index in [4.69, 9.17) is 16.3 Å². The molecule has 2 heterocycles. The minimum atomic E-state index is -1.25. The highest BCUT2D eigenvalue weighted by atomic mass is 79.9. The van der Waals surface area contributed by atoms with Gasteiger partial charge < -0.3 is 4.74 Å². The molecule has 0 bridgehead atoms. The molecule has 0 aliphatic carbocycles. The second-order valence-corrected chi connectivity index (χ2v) is 12.9. The number of nitriles is 1. The molecule has 1 aliphatic rings. The van der Waals surface area contributed by atoms with E-state index in [1.165, 1.54) is 0 Å².